The fourth-order valence-corrected chi connectivity index (χ4v) is 2.46. The zero-order valence-corrected chi connectivity index (χ0v) is 12.7. The first-order chi connectivity index (χ1) is 8.84. The average Bonchev–Trinajstić information content (AvgIpc) is 2.36. The van der Waals surface area contributed by atoms with Gasteiger partial charge in [0.05, 0.1) is 10.6 Å². The topological polar surface area (TPSA) is 20.3 Å². The third kappa shape index (κ3) is 3.54. The quantitative estimate of drug-likeness (QED) is 0.794. The zero-order chi connectivity index (χ0) is 14.6. The molecule has 0 N–H and O–H groups in total. The molecule has 0 bridgehead atoms. The summed E-state index contributed by atoms with van der Waals surface area (Å²) in [5, 5.41) is 0.0611. The van der Waals surface area contributed by atoms with Gasteiger partial charge in [0.2, 0.25) is 0 Å². The number of nitrogens with zero attached hydrogens (tertiary/aromatic N) is 1. The molecule has 106 valence electrons. The Labute approximate surface area is 119 Å². The summed E-state index contributed by atoms with van der Waals surface area (Å²) < 4.78 is 13.8. The van der Waals surface area contributed by atoms with Gasteiger partial charge >= 0.3 is 0 Å². The van der Waals surface area contributed by atoms with Gasteiger partial charge in [0, 0.05) is 6.42 Å². The van der Waals surface area contributed by atoms with Crippen LogP contribution >= 0.6 is 11.6 Å². The van der Waals surface area contributed by atoms with E-state index in [4.69, 9.17) is 11.6 Å². The van der Waals surface area contributed by atoms with Crippen LogP contribution in [-0.4, -0.2) is 29.3 Å². The predicted molar refractivity (Wildman–Crippen MR) is 77.1 cm³/mol. The van der Waals surface area contributed by atoms with Crippen LogP contribution in [0.3, 0.4) is 0 Å². The van der Waals surface area contributed by atoms with Gasteiger partial charge in [-0.3, -0.25) is 9.69 Å². The largest absolute Gasteiger partial charge is 0.297 e. The van der Waals surface area contributed by atoms with Crippen LogP contribution in [0.4, 0.5) is 4.39 Å². The van der Waals surface area contributed by atoms with Crippen molar-refractivity contribution in [3.05, 3.63) is 34.6 Å². The smallest absolute Gasteiger partial charge is 0.156 e. The molecule has 0 atom stereocenters. The summed E-state index contributed by atoms with van der Waals surface area (Å²) in [4.78, 5) is 14.5. The number of rotatable bonds is 6. The summed E-state index contributed by atoms with van der Waals surface area (Å²) in [6, 6.07) is 4.76. The molecule has 0 saturated heterocycles. The third-order valence-corrected chi connectivity index (χ3v) is 3.91. The number of halogens is 2. The standard InChI is InChI=1S/C15H21ClFNO/c1-5-18(6-2)15(3,4)13(19)10-11-8-7-9-12(16)14(11)17/h7-9H,5-6,10H2,1-4H3. The average molecular weight is 286 g/mol. The highest BCUT2D eigenvalue weighted by Crippen LogP contribution is 2.22. The van der Waals surface area contributed by atoms with E-state index in [1.54, 1.807) is 12.1 Å². The molecule has 2 nitrogen and oxygen atoms in total. The van der Waals surface area contributed by atoms with E-state index in [-0.39, 0.29) is 17.2 Å². The van der Waals surface area contributed by atoms with Crippen molar-refractivity contribution in [3.63, 3.8) is 0 Å². The highest BCUT2D eigenvalue weighted by Gasteiger charge is 2.32. The van der Waals surface area contributed by atoms with Crippen molar-refractivity contribution >= 4 is 17.4 Å². The van der Waals surface area contributed by atoms with E-state index in [1.165, 1.54) is 6.07 Å². The Morgan fingerprint density at radius 3 is 2.42 bits per heavy atom. The van der Waals surface area contributed by atoms with E-state index in [9.17, 15) is 9.18 Å². The maximum Gasteiger partial charge on any atom is 0.156 e. The molecule has 0 spiro atoms. The fraction of sp³-hybridized carbons (Fsp3) is 0.533. The van der Waals surface area contributed by atoms with Gasteiger partial charge in [-0.2, -0.15) is 0 Å². The van der Waals surface area contributed by atoms with Crippen molar-refractivity contribution in [2.75, 3.05) is 13.1 Å². The van der Waals surface area contributed by atoms with E-state index >= 15 is 0 Å². The SMILES string of the molecule is CCN(CC)C(C)(C)C(=O)Cc1cccc(Cl)c1F. The minimum absolute atomic E-state index is 0.00244. The van der Waals surface area contributed by atoms with Crippen LogP contribution in [-0.2, 0) is 11.2 Å². The lowest BCUT2D eigenvalue weighted by Gasteiger charge is -2.35. The fourth-order valence-electron chi connectivity index (χ4n) is 2.26. The molecule has 0 aliphatic carbocycles. The highest BCUT2D eigenvalue weighted by atomic mass is 35.5. The molecule has 0 fully saturated rings. The summed E-state index contributed by atoms with van der Waals surface area (Å²) in [5.74, 6) is -0.495. The summed E-state index contributed by atoms with van der Waals surface area (Å²) in [7, 11) is 0. The molecule has 19 heavy (non-hydrogen) atoms. The van der Waals surface area contributed by atoms with Crippen molar-refractivity contribution in [2.45, 2.75) is 39.7 Å². The van der Waals surface area contributed by atoms with Crippen molar-refractivity contribution < 1.29 is 9.18 Å². The lowest BCUT2D eigenvalue weighted by molar-refractivity contribution is -0.128. The molecule has 1 aromatic carbocycles. The Kier molecular flexibility index (Phi) is 5.50. The third-order valence-electron chi connectivity index (χ3n) is 3.62. The molecule has 0 aliphatic heterocycles. The minimum atomic E-state index is -0.599. The van der Waals surface area contributed by atoms with Crippen molar-refractivity contribution in [1.29, 1.82) is 0 Å². The number of benzene rings is 1. The van der Waals surface area contributed by atoms with Crippen LogP contribution in [0, 0.1) is 5.82 Å². The highest BCUT2D eigenvalue weighted by molar-refractivity contribution is 6.30. The maximum atomic E-state index is 13.8. The van der Waals surface area contributed by atoms with Gasteiger partial charge in [0.25, 0.3) is 0 Å². The number of ketones is 1. The number of Topliss-reactive ketones (excluding diaryl/α,β-unsaturated/α-hetero) is 1. The predicted octanol–water partition coefficient (Wildman–Crippen LogP) is 3.71. The van der Waals surface area contributed by atoms with Crippen LogP contribution in [0.5, 0.6) is 0 Å². The summed E-state index contributed by atoms with van der Waals surface area (Å²) in [6.45, 7) is 9.35. The van der Waals surface area contributed by atoms with Crippen molar-refractivity contribution in [1.82, 2.24) is 4.90 Å². The molecule has 1 aromatic rings. The van der Waals surface area contributed by atoms with Crippen LogP contribution in [0.2, 0.25) is 5.02 Å². The second-order valence-corrected chi connectivity index (χ2v) is 5.45. The molecular formula is C15H21ClFNO. The number of carbonyl (C=O) groups excluding carboxylic acids is 1. The first-order valence-electron chi connectivity index (χ1n) is 6.55. The molecule has 0 amide bonds. The molecule has 0 saturated carbocycles. The molecular weight excluding hydrogens is 265 g/mol. The van der Waals surface area contributed by atoms with Gasteiger partial charge in [-0.1, -0.05) is 37.6 Å². The first-order valence-corrected chi connectivity index (χ1v) is 6.93. The Morgan fingerprint density at radius 1 is 1.32 bits per heavy atom. The van der Waals surface area contributed by atoms with E-state index in [0.29, 0.717) is 5.56 Å². The van der Waals surface area contributed by atoms with Crippen LogP contribution < -0.4 is 0 Å². The minimum Gasteiger partial charge on any atom is -0.297 e. The summed E-state index contributed by atoms with van der Waals surface area (Å²) in [6.07, 6.45) is 0.0654. The first kappa shape index (κ1) is 16.1. The van der Waals surface area contributed by atoms with Crippen molar-refractivity contribution in [3.8, 4) is 0 Å². The van der Waals surface area contributed by atoms with Gasteiger partial charge < -0.3 is 0 Å². The Hall–Kier alpha value is -0.930. The van der Waals surface area contributed by atoms with E-state index in [2.05, 4.69) is 4.90 Å². The molecule has 1 rings (SSSR count). The zero-order valence-electron chi connectivity index (χ0n) is 12.0. The molecule has 0 aromatic heterocycles. The van der Waals surface area contributed by atoms with Gasteiger partial charge in [0.15, 0.2) is 5.78 Å². The van der Waals surface area contributed by atoms with E-state index in [0.717, 1.165) is 13.1 Å². The molecule has 4 heteroatoms. The number of hydrogen-bond acceptors (Lipinski definition) is 2. The monoisotopic (exact) mass is 285 g/mol. The lowest BCUT2D eigenvalue weighted by Crippen LogP contribution is -2.50. The Bertz CT molecular complexity index is 455. The molecule has 0 heterocycles. The van der Waals surface area contributed by atoms with E-state index < -0.39 is 11.4 Å². The maximum absolute atomic E-state index is 13.8. The second kappa shape index (κ2) is 6.49. The normalized spacial score (nSPS) is 11.9. The summed E-state index contributed by atoms with van der Waals surface area (Å²) >= 11 is 5.73. The number of carbonyl (C=O) groups is 1. The molecule has 0 radical (unpaired) electrons. The molecule has 0 unspecified atom stereocenters. The number of likely N-dealkylation sites (N-methyl/N-ethyl adjacent to an activating group) is 1. The van der Waals surface area contributed by atoms with Gasteiger partial charge in [0.1, 0.15) is 5.82 Å². The Balaban J connectivity index is 2.93. The number of hydrogen-bond donors (Lipinski definition) is 0. The Morgan fingerprint density at radius 2 is 1.89 bits per heavy atom. The van der Waals surface area contributed by atoms with Crippen LogP contribution in [0.15, 0.2) is 18.2 Å². The van der Waals surface area contributed by atoms with Gasteiger partial charge in [-0.25, -0.2) is 4.39 Å². The van der Waals surface area contributed by atoms with E-state index in [1.807, 2.05) is 27.7 Å². The molecule has 0 aliphatic rings. The summed E-state index contributed by atoms with van der Waals surface area (Å²) in [5.41, 5.74) is -0.240. The van der Waals surface area contributed by atoms with Crippen LogP contribution in [0.1, 0.15) is 33.3 Å². The van der Waals surface area contributed by atoms with Gasteiger partial charge in [-0.15, -0.1) is 0 Å². The van der Waals surface area contributed by atoms with Crippen molar-refractivity contribution in [2.24, 2.45) is 0 Å². The van der Waals surface area contributed by atoms with Gasteiger partial charge in [-0.05, 0) is 38.6 Å². The van der Waals surface area contributed by atoms with Crippen LogP contribution in [0.25, 0.3) is 0 Å². The second-order valence-electron chi connectivity index (χ2n) is 5.04. The lowest BCUT2D eigenvalue weighted by atomic mass is 9.91.